The summed E-state index contributed by atoms with van der Waals surface area (Å²) in [7, 11) is 1.94. The summed E-state index contributed by atoms with van der Waals surface area (Å²) in [6.07, 6.45) is 6.53. The summed E-state index contributed by atoms with van der Waals surface area (Å²) in [5, 5.41) is 17.5. The summed E-state index contributed by atoms with van der Waals surface area (Å²) in [5.41, 5.74) is 6.84. The van der Waals surface area contributed by atoms with Gasteiger partial charge in [-0.25, -0.2) is 4.98 Å². The Balaban J connectivity index is 1.13. The minimum absolute atomic E-state index is 0.0365. The molecule has 0 atom stereocenters. The fraction of sp³-hybridized carbons (Fsp3) is 0.433. The third-order valence-electron chi connectivity index (χ3n) is 8.74. The topological polar surface area (TPSA) is 96.9 Å². The van der Waals surface area contributed by atoms with E-state index in [1.165, 1.54) is 25.7 Å². The summed E-state index contributed by atoms with van der Waals surface area (Å²) in [6, 6.07) is 12.2. The van der Waals surface area contributed by atoms with Crippen LogP contribution in [0.2, 0.25) is 0 Å². The zero-order chi connectivity index (χ0) is 26.9. The second-order valence-corrected chi connectivity index (χ2v) is 11.9. The molecular weight excluding hydrogens is 490 g/mol. The van der Waals surface area contributed by atoms with E-state index in [1.54, 1.807) is 11.1 Å². The molecule has 0 radical (unpaired) electrons. The Morgan fingerprint density at radius 2 is 1.74 bits per heavy atom. The van der Waals surface area contributed by atoms with Crippen molar-refractivity contribution in [3.05, 3.63) is 64.8 Å². The number of anilines is 5. The molecule has 3 aromatic rings. The molecule has 7 rings (SSSR count). The van der Waals surface area contributed by atoms with Crippen LogP contribution >= 0.6 is 0 Å². The quantitative estimate of drug-likeness (QED) is 0.462. The van der Waals surface area contributed by atoms with Gasteiger partial charge in [0.25, 0.3) is 5.91 Å². The molecule has 9 heteroatoms. The summed E-state index contributed by atoms with van der Waals surface area (Å²) in [6.45, 7) is 6.40. The van der Waals surface area contributed by atoms with Crippen LogP contribution in [0.25, 0.3) is 0 Å². The predicted octanol–water partition coefficient (Wildman–Crippen LogP) is 3.86. The zero-order valence-electron chi connectivity index (χ0n) is 22.8. The van der Waals surface area contributed by atoms with Gasteiger partial charge in [-0.15, -0.1) is 0 Å². The zero-order valence-corrected chi connectivity index (χ0v) is 22.8. The lowest BCUT2D eigenvalue weighted by Gasteiger charge is -2.42. The van der Waals surface area contributed by atoms with Crippen molar-refractivity contribution in [3.63, 3.8) is 0 Å². The van der Waals surface area contributed by atoms with Crippen LogP contribution in [0.15, 0.2) is 42.6 Å². The van der Waals surface area contributed by atoms with Gasteiger partial charge in [-0.3, -0.25) is 9.69 Å². The molecule has 3 fully saturated rings. The number of rotatable bonds is 5. The predicted molar refractivity (Wildman–Crippen MR) is 153 cm³/mol. The first-order valence-corrected chi connectivity index (χ1v) is 13.8. The molecule has 3 N–H and O–H groups in total. The van der Waals surface area contributed by atoms with Crippen molar-refractivity contribution in [2.75, 3.05) is 46.8 Å². The van der Waals surface area contributed by atoms with Crippen LogP contribution in [0, 0.1) is 13.8 Å². The average Bonchev–Trinajstić information content (AvgIpc) is 3.85. The molecule has 3 heterocycles. The van der Waals surface area contributed by atoms with E-state index in [4.69, 9.17) is 4.98 Å². The van der Waals surface area contributed by atoms with Crippen LogP contribution in [-0.2, 0) is 6.61 Å². The number of fused-ring (bicyclic) bond motifs is 1. The number of aliphatic hydroxyl groups is 1. The SMILES string of the molecule is Cc1cccc(C)c1N1CN(C)c2nc(Nc3ccc(N4CC5(CC5)NC5(CC5)C4)c(CO)c3)ncc2C1=O. The van der Waals surface area contributed by atoms with Gasteiger partial charge >= 0.3 is 0 Å². The highest BCUT2D eigenvalue weighted by Gasteiger charge is 2.58. The van der Waals surface area contributed by atoms with E-state index in [9.17, 15) is 9.90 Å². The molecule has 2 aromatic carbocycles. The number of aryl methyl sites for hydroxylation is 2. The van der Waals surface area contributed by atoms with Crippen molar-refractivity contribution in [1.82, 2.24) is 15.3 Å². The van der Waals surface area contributed by atoms with Crippen molar-refractivity contribution in [2.24, 2.45) is 0 Å². The normalized spacial score (nSPS) is 20.4. The van der Waals surface area contributed by atoms with E-state index in [1.807, 2.05) is 56.1 Å². The van der Waals surface area contributed by atoms with Crippen LogP contribution < -0.4 is 25.3 Å². The maximum atomic E-state index is 13.5. The largest absolute Gasteiger partial charge is 0.392 e. The molecule has 2 aliphatic heterocycles. The summed E-state index contributed by atoms with van der Waals surface area (Å²) in [5.74, 6) is 0.919. The summed E-state index contributed by atoms with van der Waals surface area (Å²) in [4.78, 5) is 28.9. The monoisotopic (exact) mass is 525 g/mol. The molecule has 0 unspecified atom stereocenters. The van der Waals surface area contributed by atoms with Gasteiger partial charge in [-0.05, 0) is 68.9 Å². The lowest BCUT2D eigenvalue weighted by Crippen LogP contribution is -2.60. The third-order valence-corrected chi connectivity index (χ3v) is 8.74. The van der Waals surface area contributed by atoms with Crippen molar-refractivity contribution in [1.29, 1.82) is 0 Å². The summed E-state index contributed by atoms with van der Waals surface area (Å²) < 4.78 is 0. The summed E-state index contributed by atoms with van der Waals surface area (Å²) >= 11 is 0. The number of carbonyl (C=O) groups excluding carboxylic acids is 1. The third kappa shape index (κ3) is 4.20. The number of aliphatic hydroxyl groups excluding tert-OH is 1. The smallest absolute Gasteiger partial charge is 0.265 e. The van der Waals surface area contributed by atoms with Crippen LogP contribution in [0.4, 0.5) is 28.8 Å². The van der Waals surface area contributed by atoms with E-state index in [-0.39, 0.29) is 23.6 Å². The number of amides is 1. The van der Waals surface area contributed by atoms with E-state index in [0.29, 0.717) is 24.0 Å². The number of para-hydroxylation sites is 1. The van der Waals surface area contributed by atoms with Crippen LogP contribution in [0.3, 0.4) is 0 Å². The van der Waals surface area contributed by atoms with Gasteiger partial charge in [0, 0.05) is 54.4 Å². The first kappa shape index (κ1) is 24.4. The van der Waals surface area contributed by atoms with E-state index in [2.05, 4.69) is 26.6 Å². The van der Waals surface area contributed by atoms with Crippen LogP contribution in [-0.4, -0.2) is 58.9 Å². The number of hydrogen-bond donors (Lipinski definition) is 3. The lowest BCUT2D eigenvalue weighted by atomic mass is 10.0. The van der Waals surface area contributed by atoms with E-state index in [0.717, 1.165) is 46.8 Å². The molecular formula is C30H35N7O2. The molecule has 1 saturated heterocycles. The Morgan fingerprint density at radius 3 is 2.38 bits per heavy atom. The minimum Gasteiger partial charge on any atom is -0.392 e. The van der Waals surface area contributed by atoms with E-state index >= 15 is 0 Å². The Labute approximate surface area is 228 Å². The maximum Gasteiger partial charge on any atom is 0.265 e. The van der Waals surface area contributed by atoms with Crippen molar-refractivity contribution in [2.45, 2.75) is 57.2 Å². The van der Waals surface area contributed by atoms with Crippen molar-refractivity contribution >= 4 is 34.7 Å². The number of aromatic nitrogens is 2. The highest BCUT2D eigenvalue weighted by Crippen LogP contribution is 2.50. The van der Waals surface area contributed by atoms with Gasteiger partial charge in [0.2, 0.25) is 5.95 Å². The lowest BCUT2D eigenvalue weighted by molar-refractivity contribution is 0.0981. The molecule has 2 spiro atoms. The molecule has 2 aliphatic carbocycles. The minimum atomic E-state index is -0.100. The molecule has 202 valence electrons. The Hall–Kier alpha value is -3.69. The number of nitrogens with one attached hydrogen (secondary N) is 2. The van der Waals surface area contributed by atoms with Crippen molar-refractivity contribution in [3.8, 4) is 0 Å². The van der Waals surface area contributed by atoms with Gasteiger partial charge in [0.05, 0.1) is 19.0 Å². The molecule has 2 saturated carbocycles. The van der Waals surface area contributed by atoms with Crippen LogP contribution in [0.1, 0.15) is 52.7 Å². The molecule has 1 amide bonds. The van der Waals surface area contributed by atoms with Gasteiger partial charge in [0.1, 0.15) is 11.4 Å². The second kappa shape index (κ2) is 8.66. The molecule has 39 heavy (non-hydrogen) atoms. The Kier molecular flexibility index (Phi) is 5.41. The number of benzene rings is 2. The maximum absolute atomic E-state index is 13.5. The highest BCUT2D eigenvalue weighted by molar-refractivity contribution is 6.11. The molecule has 1 aromatic heterocycles. The molecule has 0 bridgehead atoms. The van der Waals surface area contributed by atoms with Gasteiger partial charge in [-0.1, -0.05) is 18.2 Å². The number of nitrogens with zero attached hydrogens (tertiary/aromatic N) is 5. The van der Waals surface area contributed by atoms with Gasteiger partial charge in [0.15, 0.2) is 0 Å². The van der Waals surface area contributed by atoms with Crippen LogP contribution in [0.5, 0.6) is 0 Å². The number of carbonyl (C=O) groups is 1. The van der Waals surface area contributed by atoms with Crippen molar-refractivity contribution < 1.29 is 9.90 Å². The first-order valence-electron chi connectivity index (χ1n) is 13.8. The fourth-order valence-electron chi connectivity index (χ4n) is 6.46. The average molecular weight is 526 g/mol. The Bertz CT molecular complexity index is 1440. The fourth-order valence-corrected chi connectivity index (χ4v) is 6.46. The standard InChI is InChI=1S/C30H35N7O2/c1-19-5-4-6-20(2)25(19)37-18-35(3)26-23(27(37)39)14-31-28(33-26)32-22-7-8-24(21(13-22)15-38)36-16-29(9-10-29)34-30(17-36)11-12-30/h4-8,13-14,34,38H,9-12,15-18H2,1-3H3,(H,31,32,33). The molecule has 9 nitrogen and oxygen atoms in total. The van der Waals surface area contributed by atoms with Gasteiger partial charge in [-0.2, -0.15) is 4.98 Å². The number of piperazine rings is 1. The first-order chi connectivity index (χ1) is 18.8. The Morgan fingerprint density at radius 1 is 1.05 bits per heavy atom. The number of hydrogen-bond acceptors (Lipinski definition) is 8. The molecule has 4 aliphatic rings. The second-order valence-electron chi connectivity index (χ2n) is 11.9. The van der Waals surface area contributed by atoms with Gasteiger partial charge < -0.3 is 25.5 Å². The van der Waals surface area contributed by atoms with E-state index < -0.39 is 0 Å². The highest BCUT2D eigenvalue weighted by atomic mass is 16.3.